The number of hydrogen-bond donors (Lipinski definition) is 3. The first-order valence-electron chi connectivity index (χ1n) is 7.06. The van der Waals surface area contributed by atoms with Crippen LogP contribution in [0.25, 0.3) is 0 Å². The fourth-order valence-corrected chi connectivity index (χ4v) is 2.15. The number of benzene rings is 1. The molecule has 0 saturated heterocycles. The summed E-state index contributed by atoms with van der Waals surface area (Å²) in [5.41, 5.74) is 5.72. The minimum atomic E-state index is -0.860. The molecule has 0 aromatic heterocycles. The number of carbonyl (C=O) groups is 1. The molecule has 0 heterocycles. The molecule has 1 aromatic carbocycles. The summed E-state index contributed by atoms with van der Waals surface area (Å²) in [7, 11) is 0. The molecule has 20 heavy (non-hydrogen) atoms. The van der Waals surface area contributed by atoms with E-state index in [0.29, 0.717) is 12.1 Å². The zero-order chi connectivity index (χ0) is 15.4. The van der Waals surface area contributed by atoms with Gasteiger partial charge in [0.2, 0.25) is 5.91 Å². The van der Waals surface area contributed by atoms with Crippen LogP contribution >= 0.6 is 0 Å². The number of nitrogen functional groups attached to an aromatic ring is 1. The third kappa shape index (κ3) is 4.23. The minimum Gasteiger partial charge on any atom is -0.399 e. The molecule has 112 valence electrons. The van der Waals surface area contributed by atoms with Crippen LogP contribution in [-0.4, -0.2) is 23.2 Å². The van der Waals surface area contributed by atoms with Crippen LogP contribution in [0, 0.1) is 0 Å². The predicted molar refractivity (Wildman–Crippen MR) is 82.4 cm³/mol. The number of rotatable bonds is 6. The summed E-state index contributed by atoms with van der Waals surface area (Å²) in [5.74, 6) is -0.0985. The molecule has 0 radical (unpaired) electrons. The summed E-state index contributed by atoms with van der Waals surface area (Å²) < 4.78 is 0. The average molecular weight is 278 g/mol. The third-order valence-electron chi connectivity index (χ3n) is 3.62. The summed E-state index contributed by atoms with van der Waals surface area (Å²) in [6.07, 6.45) is 1.54. The van der Waals surface area contributed by atoms with Crippen LogP contribution in [0.2, 0.25) is 0 Å². The van der Waals surface area contributed by atoms with Gasteiger partial charge in [-0.2, -0.15) is 0 Å². The molecular formula is C16H26N2O2. The monoisotopic (exact) mass is 278 g/mol. The maximum absolute atomic E-state index is 12.3. The smallest absolute Gasteiger partial charge is 0.230 e. The normalized spacial score (nSPS) is 14.7. The van der Waals surface area contributed by atoms with Gasteiger partial charge in [-0.25, -0.2) is 0 Å². The summed E-state index contributed by atoms with van der Waals surface area (Å²) in [5, 5.41) is 12.9. The number of aliphatic hydroxyl groups is 1. The summed E-state index contributed by atoms with van der Waals surface area (Å²) in [6.45, 7) is 7.74. The molecule has 1 rings (SSSR count). The average Bonchev–Trinajstić information content (AvgIpc) is 2.36. The predicted octanol–water partition coefficient (Wildman–Crippen LogP) is 2.21. The highest BCUT2D eigenvalue weighted by Gasteiger charge is 2.31. The quantitative estimate of drug-likeness (QED) is 0.698. The van der Waals surface area contributed by atoms with Crippen LogP contribution in [-0.2, 0) is 10.2 Å². The van der Waals surface area contributed by atoms with Gasteiger partial charge in [-0.1, -0.05) is 25.5 Å². The first-order valence-corrected chi connectivity index (χ1v) is 7.06. The minimum absolute atomic E-state index is 0.0985. The molecule has 4 nitrogen and oxygen atoms in total. The second-order valence-corrected chi connectivity index (χ2v) is 6.18. The van der Waals surface area contributed by atoms with E-state index in [4.69, 9.17) is 5.73 Å². The Morgan fingerprint density at radius 2 is 1.80 bits per heavy atom. The molecule has 0 spiro atoms. The second-order valence-electron chi connectivity index (χ2n) is 6.18. The molecule has 0 fully saturated rings. The highest BCUT2D eigenvalue weighted by Crippen LogP contribution is 2.24. The van der Waals surface area contributed by atoms with Gasteiger partial charge in [0.15, 0.2) is 0 Å². The third-order valence-corrected chi connectivity index (χ3v) is 3.62. The molecule has 0 aliphatic rings. The Morgan fingerprint density at radius 3 is 2.30 bits per heavy atom. The SMILES string of the molecule is CCCC(C)(O)CNC(=O)C(C)(C)c1ccc(N)cc1. The maximum Gasteiger partial charge on any atom is 0.230 e. The highest BCUT2D eigenvalue weighted by molar-refractivity contribution is 5.87. The lowest BCUT2D eigenvalue weighted by Crippen LogP contribution is -2.46. The summed E-state index contributed by atoms with van der Waals surface area (Å²) in [6, 6.07) is 7.30. The fourth-order valence-electron chi connectivity index (χ4n) is 2.15. The van der Waals surface area contributed by atoms with Crippen molar-refractivity contribution in [2.24, 2.45) is 0 Å². The first kappa shape index (κ1) is 16.5. The Hall–Kier alpha value is -1.55. The van der Waals surface area contributed by atoms with Crippen molar-refractivity contribution in [2.75, 3.05) is 12.3 Å². The highest BCUT2D eigenvalue weighted by atomic mass is 16.3. The van der Waals surface area contributed by atoms with Gasteiger partial charge < -0.3 is 16.2 Å². The molecule has 1 aromatic rings. The topological polar surface area (TPSA) is 75.3 Å². The zero-order valence-corrected chi connectivity index (χ0v) is 12.9. The number of amides is 1. The van der Waals surface area contributed by atoms with E-state index in [0.717, 1.165) is 12.0 Å². The Labute approximate surface area is 121 Å². The zero-order valence-electron chi connectivity index (χ0n) is 12.9. The molecule has 0 aliphatic carbocycles. The van der Waals surface area contributed by atoms with Crippen molar-refractivity contribution in [3.05, 3.63) is 29.8 Å². The Balaban J connectivity index is 2.72. The molecule has 0 saturated carbocycles. The Bertz CT molecular complexity index is 450. The van der Waals surface area contributed by atoms with Crippen molar-refractivity contribution >= 4 is 11.6 Å². The summed E-state index contributed by atoms with van der Waals surface area (Å²) in [4.78, 5) is 12.3. The number of nitrogens with one attached hydrogen (secondary N) is 1. The Morgan fingerprint density at radius 1 is 1.25 bits per heavy atom. The van der Waals surface area contributed by atoms with Crippen molar-refractivity contribution in [2.45, 2.75) is 51.6 Å². The molecular weight excluding hydrogens is 252 g/mol. The van der Waals surface area contributed by atoms with E-state index in [1.54, 1.807) is 19.1 Å². The van der Waals surface area contributed by atoms with Gasteiger partial charge in [-0.05, 0) is 44.9 Å². The maximum atomic E-state index is 12.3. The van der Waals surface area contributed by atoms with E-state index >= 15 is 0 Å². The summed E-state index contributed by atoms with van der Waals surface area (Å²) >= 11 is 0. The van der Waals surface area contributed by atoms with E-state index in [1.807, 2.05) is 32.9 Å². The second kappa shape index (κ2) is 6.27. The van der Waals surface area contributed by atoms with Crippen LogP contribution in [0.3, 0.4) is 0 Å². The number of hydrogen-bond acceptors (Lipinski definition) is 3. The fraction of sp³-hybridized carbons (Fsp3) is 0.562. The molecule has 4 heteroatoms. The lowest BCUT2D eigenvalue weighted by Gasteiger charge is -2.28. The van der Waals surface area contributed by atoms with Crippen LogP contribution in [0.5, 0.6) is 0 Å². The standard InChI is InChI=1S/C16H26N2O2/c1-5-10-16(4,20)11-18-14(19)15(2,3)12-6-8-13(17)9-7-12/h6-9,20H,5,10-11,17H2,1-4H3,(H,18,19). The largest absolute Gasteiger partial charge is 0.399 e. The van der Waals surface area contributed by atoms with E-state index in [9.17, 15) is 9.90 Å². The van der Waals surface area contributed by atoms with E-state index in [1.165, 1.54) is 0 Å². The van der Waals surface area contributed by atoms with Gasteiger partial charge >= 0.3 is 0 Å². The van der Waals surface area contributed by atoms with Crippen molar-refractivity contribution in [1.29, 1.82) is 0 Å². The van der Waals surface area contributed by atoms with Gasteiger partial charge in [0.1, 0.15) is 0 Å². The van der Waals surface area contributed by atoms with Gasteiger partial charge in [-0.3, -0.25) is 4.79 Å². The molecule has 4 N–H and O–H groups in total. The van der Waals surface area contributed by atoms with Crippen molar-refractivity contribution in [1.82, 2.24) is 5.32 Å². The van der Waals surface area contributed by atoms with Crippen molar-refractivity contribution < 1.29 is 9.90 Å². The van der Waals surface area contributed by atoms with Crippen molar-refractivity contribution in [3.63, 3.8) is 0 Å². The molecule has 1 amide bonds. The number of carbonyl (C=O) groups excluding carboxylic acids is 1. The first-order chi connectivity index (χ1) is 9.19. The Kier molecular flexibility index (Phi) is 5.17. The van der Waals surface area contributed by atoms with Gasteiger partial charge in [0.05, 0.1) is 11.0 Å². The van der Waals surface area contributed by atoms with E-state index < -0.39 is 11.0 Å². The number of anilines is 1. The van der Waals surface area contributed by atoms with E-state index in [2.05, 4.69) is 5.32 Å². The molecule has 1 unspecified atom stereocenters. The van der Waals surface area contributed by atoms with Crippen molar-refractivity contribution in [3.8, 4) is 0 Å². The van der Waals surface area contributed by atoms with Crippen LogP contribution in [0.1, 0.15) is 46.1 Å². The lowest BCUT2D eigenvalue weighted by atomic mass is 9.83. The van der Waals surface area contributed by atoms with Gasteiger partial charge in [0, 0.05) is 12.2 Å². The molecule has 1 atom stereocenters. The van der Waals surface area contributed by atoms with E-state index in [-0.39, 0.29) is 12.5 Å². The van der Waals surface area contributed by atoms with Crippen LogP contribution < -0.4 is 11.1 Å². The van der Waals surface area contributed by atoms with Crippen LogP contribution in [0.15, 0.2) is 24.3 Å². The van der Waals surface area contributed by atoms with Gasteiger partial charge in [-0.15, -0.1) is 0 Å². The lowest BCUT2D eigenvalue weighted by molar-refractivity contribution is -0.126. The molecule has 0 aliphatic heterocycles. The molecule has 0 bridgehead atoms. The van der Waals surface area contributed by atoms with Gasteiger partial charge in [0.25, 0.3) is 0 Å². The van der Waals surface area contributed by atoms with Crippen LogP contribution in [0.4, 0.5) is 5.69 Å². The number of nitrogens with two attached hydrogens (primary N) is 1.